The number of carbonyl (C=O) groups excluding carboxylic acids is 3. The summed E-state index contributed by atoms with van der Waals surface area (Å²) in [4.78, 5) is 36.8. The van der Waals surface area contributed by atoms with E-state index < -0.39 is 27.8 Å². The van der Waals surface area contributed by atoms with Crippen molar-refractivity contribution in [3.63, 3.8) is 0 Å². The molecule has 11 heteroatoms. The van der Waals surface area contributed by atoms with Gasteiger partial charge in [0, 0.05) is 10.6 Å². The van der Waals surface area contributed by atoms with Crippen molar-refractivity contribution < 1.29 is 27.5 Å². The molecule has 0 saturated heterocycles. The number of carbonyl (C=O) groups is 3. The zero-order valence-electron chi connectivity index (χ0n) is 18.4. The number of nitrogens with zero attached hydrogens (tertiary/aromatic N) is 1. The average molecular weight is 535 g/mol. The summed E-state index contributed by atoms with van der Waals surface area (Å²) in [5, 5.41) is 2.67. The Labute approximate surface area is 212 Å². The van der Waals surface area contributed by atoms with Gasteiger partial charge in [-0.1, -0.05) is 41.4 Å². The van der Waals surface area contributed by atoms with Gasteiger partial charge in [0.15, 0.2) is 0 Å². The second kappa shape index (κ2) is 11.4. The normalized spacial score (nSPS) is 10.9. The van der Waals surface area contributed by atoms with Crippen molar-refractivity contribution in [2.45, 2.75) is 11.8 Å². The summed E-state index contributed by atoms with van der Waals surface area (Å²) in [5.74, 6) is -2.07. The van der Waals surface area contributed by atoms with Gasteiger partial charge in [-0.2, -0.15) is 4.31 Å². The van der Waals surface area contributed by atoms with E-state index in [9.17, 15) is 22.8 Å². The summed E-state index contributed by atoms with van der Waals surface area (Å²) >= 11 is 12.1. The monoisotopic (exact) mass is 534 g/mol. The molecule has 0 unspecified atom stereocenters. The summed E-state index contributed by atoms with van der Waals surface area (Å²) in [6.45, 7) is 1.49. The van der Waals surface area contributed by atoms with E-state index in [2.05, 4.69) is 5.32 Å². The molecular formula is C24H20Cl2N2O6S. The predicted molar refractivity (Wildman–Crippen MR) is 132 cm³/mol. The SMILES string of the molecule is CCOC(=O)CNC(=O)c1ccc(S(=O)(=O)N(C(=O)c2ccc(Cl)cc2Cl)c2ccccc2)cc1. The molecule has 182 valence electrons. The van der Waals surface area contributed by atoms with Gasteiger partial charge < -0.3 is 10.1 Å². The molecule has 0 saturated carbocycles. The number of nitrogens with one attached hydrogen (secondary N) is 1. The van der Waals surface area contributed by atoms with Crippen LogP contribution in [-0.2, 0) is 19.6 Å². The van der Waals surface area contributed by atoms with E-state index in [-0.39, 0.29) is 44.9 Å². The van der Waals surface area contributed by atoms with E-state index in [1.165, 1.54) is 54.6 Å². The summed E-state index contributed by atoms with van der Waals surface area (Å²) in [6.07, 6.45) is 0. The second-order valence-electron chi connectivity index (χ2n) is 7.05. The van der Waals surface area contributed by atoms with Gasteiger partial charge in [0.1, 0.15) is 6.54 Å². The van der Waals surface area contributed by atoms with Crippen LogP contribution in [0.5, 0.6) is 0 Å². The van der Waals surface area contributed by atoms with Crippen LogP contribution in [0.2, 0.25) is 10.0 Å². The summed E-state index contributed by atoms with van der Waals surface area (Å²) in [7, 11) is -4.42. The number of ether oxygens (including phenoxy) is 1. The van der Waals surface area contributed by atoms with Gasteiger partial charge in [-0.3, -0.25) is 14.4 Å². The Kier molecular flexibility index (Phi) is 8.50. The zero-order valence-corrected chi connectivity index (χ0v) is 20.7. The highest BCUT2D eigenvalue weighted by atomic mass is 35.5. The molecule has 0 heterocycles. The Morgan fingerprint density at radius 3 is 2.20 bits per heavy atom. The van der Waals surface area contributed by atoms with Gasteiger partial charge in [0.05, 0.1) is 27.8 Å². The lowest BCUT2D eigenvalue weighted by atomic mass is 10.2. The number of amides is 2. The highest BCUT2D eigenvalue weighted by Gasteiger charge is 2.33. The van der Waals surface area contributed by atoms with Crippen molar-refractivity contribution in [1.82, 2.24) is 5.32 Å². The van der Waals surface area contributed by atoms with Crippen LogP contribution >= 0.6 is 23.2 Å². The van der Waals surface area contributed by atoms with Crippen molar-refractivity contribution in [2.75, 3.05) is 17.5 Å². The largest absolute Gasteiger partial charge is 0.465 e. The summed E-state index contributed by atoms with van der Waals surface area (Å²) in [5.41, 5.74) is 0.157. The standard InChI is InChI=1S/C24H20Cl2N2O6S/c1-2-34-22(29)15-27-23(30)16-8-11-19(12-9-16)35(32,33)28(18-6-4-3-5-7-18)24(31)20-13-10-17(25)14-21(20)26/h3-14H,2,15H2,1H3,(H,27,30). The molecule has 0 fully saturated rings. The fourth-order valence-electron chi connectivity index (χ4n) is 3.05. The van der Waals surface area contributed by atoms with Crippen molar-refractivity contribution in [3.05, 3.63) is 94.0 Å². The van der Waals surface area contributed by atoms with E-state index in [1.807, 2.05) is 0 Å². The first-order valence-corrected chi connectivity index (χ1v) is 12.5. The van der Waals surface area contributed by atoms with Crippen LogP contribution in [0.15, 0.2) is 77.7 Å². The molecule has 1 N–H and O–H groups in total. The Hall–Kier alpha value is -3.40. The highest BCUT2D eigenvalue weighted by molar-refractivity contribution is 7.93. The Balaban J connectivity index is 1.94. The first-order chi connectivity index (χ1) is 16.6. The number of benzene rings is 3. The van der Waals surface area contributed by atoms with Gasteiger partial charge in [-0.15, -0.1) is 0 Å². The predicted octanol–water partition coefficient (Wildman–Crippen LogP) is 4.32. The van der Waals surface area contributed by atoms with Gasteiger partial charge in [0.2, 0.25) is 0 Å². The third-order valence-corrected chi connectivity index (χ3v) is 6.96. The number of esters is 1. The maximum Gasteiger partial charge on any atom is 0.325 e. The van der Waals surface area contributed by atoms with Crippen molar-refractivity contribution in [1.29, 1.82) is 0 Å². The molecule has 0 aliphatic heterocycles. The molecule has 0 aliphatic rings. The number of hydrogen-bond donors (Lipinski definition) is 1. The van der Waals surface area contributed by atoms with Crippen LogP contribution in [0.1, 0.15) is 27.6 Å². The first kappa shape index (κ1) is 26.2. The number of para-hydroxylation sites is 1. The van der Waals surface area contributed by atoms with Gasteiger partial charge in [-0.05, 0) is 61.5 Å². The van der Waals surface area contributed by atoms with Crippen LogP contribution < -0.4 is 9.62 Å². The average Bonchev–Trinajstić information content (AvgIpc) is 2.83. The number of halogens is 2. The number of sulfonamides is 1. The summed E-state index contributed by atoms with van der Waals surface area (Å²) < 4.78 is 32.5. The Morgan fingerprint density at radius 2 is 1.60 bits per heavy atom. The maximum atomic E-state index is 13.6. The summed E-state index contributed by atoms with van der Waals surface area (Å²) in [6, 6.07) is 16.8. The van der Waals surface area contributed by atoms with E-state index in [0.29, 0.717) is 4.31 Å². The topological polar surface area (TPSA) is 110 Å². The molecule has 0 bridgehead atoms. The molecular weight excluding hydrogens is 515 g/mol. The number of hydrogen-bond acceptors (Lipinski definition) is 6. The molecule has 0 aromatic heterocycles. The molecule has 3 aromatic carbocycles. The van der Waals surface area contributed by atoms with Gasteiger partial charge in [0.25, 0.3) is 21.8 Å². The van der Waals surface area contributed by atoms with Gasteiger partial charge >= 0.3 is 5.97 Å². The fourth-order valence-corrected chi connectivity index (χ4v) is 4.95. The third kappa shape index (κ3) is 6.19. The fraction of sp³-hybridized carbons (Fsp3) is 0.125. The lowest BCUT2D eigenvalue weighted by Crippen LogP contribution is -2.37. The van der Waals surface area contributed by atoms with Crippen LogP contribution in [-0.4, -0.2) is 39.4 Å². The molecule has 0 radical (unpaired) electrons. The zero-order chi connectivity index (χ0) is 25.6. The molecule has 3 rings (SSSR count). The second-order valence-corrected chi connectivity index (χ2v) is 9.68. The lowest BCUT2D eigenvalue weighted by Gasteiger charge is -2.23. The minimum atomic E-state index is -4.42. The van der Waals surface area contributed by atoms with E-state index in [1.54, 1.807) is 25.1 Å². The molecule has 3 aromatic rings. The minimum absolute atomic E-state index is 0.00718. The van der Waals surface area contributed by atoms with E-state index in [0.717, 1.165) is 0 Å². The third-order valence-electron chi connectivity index (χ3n) is 4.69. The van der Waals surface area contributed by atoms with E-state index >= 15 is 0 Å². The molecule has 35 heavy (non-hydrogen) atoms. The number of anilines is 1. The minimum Gasteiger partial charge on any atom is -0.465 e. The van der Waals surface area contributed by atoms with Crippen LogP contribution in [0.4, 0.5) is 5.69 Å². The van der Waals surface area contributed by atoms with Crippen molar-refractivity contribution in [3.8, 4) is 0 Å². The van der Waals surface area contributed by atoms with Crippen LogP contribution in [0.25, 0.3) is 0 Å². The van der Waals surface area contributed by atoms with Crippen LogP contribution in [0.3, 0.4) is 0 Å². The Bertz CT molecular complexity index is 1350. The van der Waals surface area contributed by atoms with Gasteiger partial charge in [-0.25, -0.2) is 8.42 Å². The molecule has 8 nitrogen and oxygen atoms in total. The lowest BCUT2D eigenvalue weighted by molar-refractivity contribution is -0.141. The van der Waals surface area contributed by atoms with Crippen molar-refractivity contribution >= 4 is 56.7 Å². The molecule has 0 spiro atoms. The maximum absolute atomic E-state index is 13.6. The molecule has 0 atom stereocenters. The molecule has 0 aliphatic carbocycles. The quantitative estimate of drug-likeness (QED) is 0.431. The molecule has 2 amide bonds. The number of rotatable bonds is 8. The van der Waals surface area contributed by atoms with E-state index in [4.69, 9.17) is 27.9 Å². The van der Waals surface area contributed by atoms with Crippen LogP contribution in [0, 0.1) is 0 Å². The van der Waals surface area contributed by atoms with Crippen molar-refractivity contribution in [2.24, 2.45) is 0 Å². The first-order valence-electron chi connectivity index (χ1n) is 10.3. The highest BCUT2D eigenvalue weighted by Crippen LogP contribution is 2.29. The smallest absolute Gasteiger partial charge is 0.325 e. The Morgan fingerprint density at radius 1 is 0.943 bits per heavy atom.